The Morgan fingerprint density at radius 2 is 1.95 bits per heavy atom. The van der Waals surface area contributed by atoms with Gasteiger partial charge in [0.05, 0.1) is 15.3 Å². The first-order valence-electron chi connectivity index (χ1n) is 6.04. The minimum absolute atomic E-state index is 0.622. The van der Waals surface area contributed by atoms with Crippen molar-refractivity contribution in [1.82, 2.24) is 4.98 Å². The minimum Gasteiger partial charge on any atom is -0.455 e. The Kier molecular flexibility index (Phi) is 3.64. The minimum atomic E-state index is 0.622. The Bertz CT molecular complexity index is 786. The number of carbonyl (C=O) groups excluding carboxylic acids is 1. The SMILES string of the molecule is O=Cc1cccc(Oc2cnc3ccccc3c2)c1I. The summed E-state index contributed by atoms with van der Waals surface area (Å²) in [5, 5.41) is 1.02. The zero-order chi connectivity index (χ0) is 13.9. The zero-order valence-corrected chi connectivity index (χ0v) is 12.6. The molecule has 0 radical (unpaired) electrons. The second-order valence-electron chi connectivity index (χ2n) is 4.24. The summed E-state index contributed by atoms with van der Waals surface area (Å²) in [7, 11) is 0. The van der Waals surface area contributed by atoms with E-state index in [9.17, 15) is 4.79 Å². The summed E-state index contributed by atoms with van der Waals surface area (Å²) in [6.45, 7) is 0. The summed E-state index contributed by atoms with van der Waals surface area (Å²) in [6, 6.07) is 15.2. The Labute approximate surface area is 129 Å². The molecule has 0 saturated carbocycles. The van der Waals surface area contributed by atoms with E-state index in [1.807, 2.05) is 36.4 Å². The number of hydrogen-bond donors (Lipinski definition) is 0. The lowest BCUT2D eigenvalue weighted by Gasteiger charge is -2.09. The van der Waals surface area contributed by atoms with Gasteiger partial charge in [0.1, 0.15) is 11.5 Å². The third kappa shape index (κ3) is 2.51. The number of fused-ring (bicyclic) bond motifs is 1. The lowest BCUT2D eigenvalue weighted by atomic mass is 10.2. The highest BCUT2D eigenvalue weighted by Gasteiger charge is 2.07. The van der Waals surface area contributed by atoms with Crippen molar-refractivity contribution < 1.29 is 9.53 Å². The van der Waals surface area contributed by atoms with Crippen molar-refractivity contribution in [2.24, 2.45) is 0 Å². The number of ether oxygens (including phenoxy) is 1. The number of nitrogens with zero attached hydrogens (tertiary/aromatic N) is 1. The number of benzene rings is 2. The van der Waals surface area contributed by atoms with Crippen LogP contribution >= 0.6 is 22.6 Å². The molecule has 98 valence electrons. The van der Waals surface area contributed by atoms with Crippen LogP contribution in [0.4, 0.5) is 0 Å². The largest absolute Gasteiger partial charge is 0.455 e. The first-order valence-corrected chi connectivity index (χ1v) is 7.12. The second-order valence-corrected chi connectivity index (χ2v) is 5.32. The molecule has 1 aromatic heterocycles. The number of carbonyl (C=O) groups is 1. The fourth-order valence-corrected chi connectivity index (χ4v) is 2.53. The fourth-order valence-electron chi connectivity index (χ4n) is 1.93. The highest BCUT2D eigenvalue weighted by atomic mass is 127. The van der Waals surface area contributed by atoms with E-state index in [2.05, 4.69) is 27.6 Å². The second kappa shape index (κ2) is 5.58. The number of aldehydes is 1. The highest BCUT2D eigenvalue weighted by Crippen LogP contribution is 2.29. The van der Waals surface area contributed by atoms with Crippen molar-refractivity contribution in [2.45, 2.75) is 0 Å². The molecule has 3 rings (SSSR count). The van der Waals surface area contributed by atoms with Crippen molar-refractivity contribution in [1.29, 1.82) is 0 Å². The van der Waals surface area contributed by atoms with E-state index >= 15 is 0 Å². The topological polar surface area (TPSA) is 39.2 Å². The molecule has 0 atom stereocenters. The molecule has 4 heteroatoms. The van der Waals surface area contributed by atoms with Crippen LogP contribution in [0.5, 0.6) is 11.5 Å². The van der Waals surface area contributed by atoms with Gasteiger partial charge in [0.15, 0.2) is 6.29 Å². The van der Waals surface area contributed by atoms with Crippen molar-refractivity contribution in [3.63, 3.8) is 0 Å². The van der Waals surface area contributed by atoms with Crippen LogP contribution in [0.25, 0.3) is 10.9 Å². The lowest BCUT2D eigenvalue weighted by Crippen LogP contribution is -1.92. The number of hydrogen-bond acceptors (Lipinski definition) is 3. The molecule has 0 fully saturated rings. The molecule has 0 aliphatic rings. The first kappa shape index (κ1) is 13.1. The molecule has 0 unspecified atom stereocenters. The maximum Gasteiger partial charge on any atom is 0.151 e. The third-order valence-electron chi connectivity index (χ3n) is 2.91. The third-order valence-corrected chi connectivity index (χ3v) is 4.07. The van der Waals surface area contributed by atoms with Gasteiger partial charge < -0.3 is 4.74 Å². The van der Waals surface area contributed by atoms with Gasteiger partial charge in [-0.05, 0) is 40.8 Å². The monoisotopic (exact) mass is 375 g/mol. The molecule has 0 bridgehead atoms. The van der Waals surface area contributed by atoms with Crippen molar-refractivity contribution >= 4 is 39.8 Å². The zero-order valence-electron chi connectivity index (χ0n) is 10.4. The van der Waals surface area contributed by atoms with Gasteiger partial charge in [-0.25, -0.2) is 0 Å². The Morgan fingerprint density at radius 1 is 1.10 bits per heavy atom. The molecule has 3 aromatic rings. The van der Waals surface area contributed by atoms with Crippen LogP contribution in [-0.4, -0.2) is 11.3 Å². The maximum absolute atomic E-state index is 10.9. The molecular formula is C16H10INO2. The number of aromatic nitrogens is 1. The number of para-hydroxylation sites is 1. The van der Waals surface area contributed by atoms with Crippen molar-refractivity contribution in [3.8, 4) is 11.5 Å². The summed E-state index contributed by atoms with van der Waals surface area (Å²) in [6.07, 6.45) is 2.51. The average molecular weight is 375 g/mol. The summed E-state index contributed by atoms with van der Waals surface area (Å²) < 4.78 is 6.63. The summed E-state index contributed by atoms with van der Waals surface area (Å²) in [4.78, 5) is 15.3. The van der Waals surface area contributed by atoms with E-state index in [1.54, 1.807) is 18.3 Å². The maximum atomic E-state index is 10.9. The van der Waals surface area contributed by atoms with E-state index in [1.165, 1.54) is 0 Å². The van der Waals surface area contributed by atoms with Crippen molar-refractivity contribution in [3.05, 3.63) is 63.9 Å². The van der Waals surface area contributed by atoms with Gasteiger partial charge in [-0.3, -0.25) is 9.78 Å². The summed E-state index contributed by atoms with van der Waals surface area (Å²) in [5.41, 5.74) is 1.55. The molecule has 0 amide bonds. The standard InChI is InChI=1S/C16H10INO2/c17-16-12(10-19)5-3-7-15(16)20-13-8-11-4-1-2-6-14(11)18-9-13/h1-10H. The first-order chi connectivity index (χ1) is 9.78. The van der Waals surface area contributed by atoms with Crippen LogP contribution in [-0.2, 0) is 0 Å². The molecular weight excluding hydrogens is 365 g/mol. The van der Waals surface area contributed by atoms with Gasteiger partial charge in [-0.1, -0.05) is 30.3 Å². The normalized spacial score (nSPS) is 10.4. The van der Waals surface area contributed by atoms with E-state index in [4.69, 9.17) is 4.74 Å². The van der Waals surface area contributed by atoms with E-state index in [-0.39, 0.29) is 0 Å². The van der Waals surface area contributed by atoms with Crippen LogP contribution in [0.2, 0.25) is 0 Å². The number of rotatable bonds is 3. The molecule has 0 aliphatic heterocycles. The van der Waals surface area contributed by atoms with Crippen LogP contribution in [0.15, 0.2) is 54.7 Å². The van der Waals surface area contributed by atoms with Crippen LogP contribution < -0.4 is 4.74 Å². The van der Waals surface area contributed by atoms with Gasteiger partial charge in [-0.15, -0.1) is 0 Å². The molecule has 20 heavy (non-hydrogen) atoms. The predicted molar refractivity (Wildman–Crippen MR) is 86.4 cm³/mol. The fraction of sp³-hybridized carbons (Fsp3) is 0. The Hall–Kier alpha value is -1.95. The molecule has 3 nitrogen and oxygen atoms in total. The number of halogens is 1. The summed E-state index contributed by atoms with van der Waals surface area (Å²) in [5.74, 6) is 1.32. The quantitative estimate of drug-likeness (QED) is 0.502. The Morgan fingerprint density at radius 3 is 2.80 bits per heavy atom. The lowest BCUT2D eigenvalue weighted by molar-refractivity contribution is 0.112. The molecule has 0 aliphatic carbocycles. The van der Waals surface area contributed by atoms with Crippen LogP contribution in [0.1, 0.15) is 10.4 Å². The molecule has 0 N–H and O–H groups in total. The summed E-state index contributed by atoms with van der Waals surface area (Å²) >= 11 is 2.11. The molecule has 0 spiro atoms. The molecule has 2 aromatic carbocycles. The van der Waals surface area contributed by atoms with Crippen molar-refractivity contribution in [2.75, 3.05) is 0 Å². The average Bonchev–Trinajstić information content (AvgIpc) is 2.49. The number of pyridine rings is 1. The van der Waals surface area contributed by atoms with E-state index in [0.29, 0.717) is 17.1 Å². The van der Waals surface area contributed by atoms with E-state index < -0.39 is 0 Å². The van der Waals surface area contributed by atoms with Crippen LogP contribution in [0.3, 0.4) is 0 Å². The Balaban J connectivity index is 1.99. The molecule has 0 saturated heterocycles. The van der Waals surface area contributed by atoms with E-state index in [0.717, 1.165) is 20.8 Å². The molecule has 1 heterocycles. The van der Waals surface area contributed by atoms with Gasteiger partial charge in [0, 0.05) is 10.9 Å². The van der Waals surface area contributed by atoms with Gasteiger partial charge >= 0.3 is 0 Å². The smallest absolute Gasteiger partial charge is 0.151 e. The van der Waals surface area contributed by atoms with Gasteiger partial charge in [-0.2, -0.15) is 0 Å². The highest BCUT2D eigenvalue weighted by molar-refractivity contribution is 14.1. The van der Waals surface area contributed by atoms with Gasteiger partial charge in [0.2, 0.25) is 0 Å². The van der Waals surface area contributed by atoms with Gasteiger partial charge in [0.25, 0.3) is 0 Å². The van der Waals surface area contributed by atoms with Crippen LogP contribution in [0, 0.1) is 3.57 Å². The predicted octanol–water partition coefficient (Wildman–Crippen LogP) is 4.44.